The first-order valence-corrected chi connectivity index (χ1v) is 9.14. The van der Waals surface area contributed by atoms with Crippen LogP contribution in [0, 0.1) is 0 Å². The molecule has 2 rings (SSSR count). The molecule has 0 radical (unpaired) electrons. The van der Waals surface area contributed by atoms with Crippen LogP contribution in [0.25, 0.3) is 0 Å². The molecule has 28 heavy (non-hydrogen) atoms. The van der Waals surface area contributed by atoms with Crippen molar-refractivity contribution in [1.82, 2.24) is 4.90 Å². The van der Waals surface area contributed by atoms with E-state index in [1.54, 1.807) is 39.2 Å². The molecule has 0 fully saturated rings. The molecule has 0 bridgehead atoms. The fourth-order valence-corrected chi connectivity index (χ4v) is 2.94. The van der Waals surface area contributed by atoms with E-state index >= 15 is 0 Å². The number of hydrogen-bond donors (Lipinski definition) is 0. The van der Waals surface area contributed by atoms with Crippen LogP contribution in [-0.4, -0.2) is 44.1 Å². The molecule has 1 amide bonds. The number of esters is 1. The number of methoxy groups -OCH3 is 2. The maximum absolute atomic E-state index is 12.5. The van der Waals surface area contributed by atoms with Gasteiger partial charge in [0.05, 0.1) is 14.2 Å². The van der Waals surface area contributed by atoms with Gasteiger partial charge in [-0.2, -0.15) is 0 Å². The van der Waals surface area contributed by atoms with Gasteiger partial charge in [0.25, 0.3) is 5.91 Å². The van der Waals surface area contributed by atoms with Gasteiger partial charge < -0.3 is 19.1 Å². The van der Waals surface area contributed by atoms with Crippen LogP contribution in [0.1, 0.15) is 24.5 Å². The smallest absolute Gasteiger partial charge is 0.306 e. The third-order valence-corrected chi connectivity index (χ3v) is 4.38. The Morgan fingerprint density at radius 2 is 1.71 bits per heavy atom. The minimum Gasteiger partial charge on any atom is -0.493 e. The molecule has 0 saturated heterocycles. The summed E-state index contributed by atoms with van der Waals surface area (Å²) in [5.41, 5.74) is 1.86. The molecular formula is C22H27NO5. The van der Waals surface area contributed by atoms with Gasteiger partial charge in [0.15, 0.2) is 17.6 Å². The second kappa shape index (κ2) is 10.3. The molecule has 150 valence electrons. The fraction of sp³-hybridized carbons (Fsp3) is 0.364. The van der Waals surface area contributed by atoms with Crippen molar-refractivity contribution in [2.45, 2.75) is 32.4 Å². The Balaban J connectivity index is 1.88. The number of ether oxygens (including phenoxy) is 3. The van der Waals surface area contributed by atoms with E-state index in [0.717, 1.165) is 11.1 Å². The first kappa shape index (κ1) is 21.3. The van der Waals surface area contributed by atoms with Crippen LogP contribution in [0.2, 0.25) is 0 Å². The van der Waals surface area contributed by atoms with Crippen LogP contribution in [-0.2, 0) is 27.3 Å². The molecule has 6 nitrogen and oxygen atoms in total. The Hall–Kier alpha value is -3.02. The number of benzene rings is 2. The third kappa shape index (κ3) is 5.74. The van der Waals surface area contributed by atoms with Crippen LogP contribution >= 0.6 is 0 Å². The normalized spacial score (nSPS) is 11.4. The van der Waals surface area contributed by atoms with E-state index in [-0.39, 0.29) is 12.3 Å². The van der Waals surface area contributed by atoms with Gasteiger partial charge in [-0.3, -0.25) is 9.59 Å². The zero-order chi connectivity index (χ0) is 20.5. The van der Waals surface area contributed by atoms with Gasteiger partial charge in [-0.05, 0) is 30.5 Å². The summed E-state index contributed by atoms with van der Waals surface area (Å²) in [6, 6.07) is 15.2. The van der Waals surface area contributed by atoms with Crippen LogP contribution < -0.4 is 9.47 Å². The Morgan fingerprint density at radius 1 is 1.00 bits per heavy atom. The number of likely N-dealkylation sites (N-methyl/N-ethyl adjacent to an activating group) is 1. The highest BCUT2D eigenvalue weighted by Gasteiger charge is 2.22. The van der Waals surface area contributed by atoms with Crippen molar-refractivity contribution >= 4 is 11.9 Å². The fourth-order valence-electron chi connectivity index (χ4n) is 2.94. The number of nitrogens with zero attached hydrogens (tertiary/aromatic N) is 1. The molecule has 0 aliphatic carbocycles. The highest BCUT2D eigenvalue weighted by molar-refractivity contribution is 5.83. The minimum atomic E-state index is -0.839. The molecule has 0 spiro atoms. The summed E-state index contributed by atoms with van der Waals surface area (Å²) in [6.45, 7) is 2.05. The van der Waals surface area contributed by atoms with Gasteiger partial charge >= 0.3 is 5.97 Å². The highest BCUT2D eigenvalue weighted by Crippen LogP contribution is 2.31. The molecule has 2 aromatic rings. The summed E-state index contributed by atoms with van der Waals surface area (Å²) in [6.07, 6.45) is -0.266. The van der Waals surface area contributed by atoms with Crippen molar-refractivity contribution in [2.75, 3.05) is 21.3 Å². The molecule has 0 aromatic heterocycles. The zero-order valence-electron chi connectivity index (χ0n) is 16.8. The predicted molar refractivity (Wildman–Crippen MR) is 106 cm³/mol. The topological polar surface area (TPSA) is 65.1 Å². The maximum atomic E-state index is 12.5. The lowest BCUT2D eigenvalue weighted by Crippen LogP contribution is -2.37. The number of carbonyl (C=O) groups is 2. The summed E-state index contributed by atoms with van der Waals surface area (Å²) in [5, 5.41) is 0. The molecule has 0 saturated carbocycles. The zero-order valence-corrected chi connectivity index (χ0v) is 16.8. The van der Waals surface area contributed by atoms with E-state index in [0.29, 0.717) is 24.5 Å². The first-order valence-electron chi connectivity index (χ1n) is 9.14. The number of para-hydroxylation sites is 1. The summed E-state index contributed by atoms with van der Waals surface area (Å²) in [4.78, 5) is 26.2. The molecule has 6 heteroatoms. The molecule has 0 aliphatic heterocycles. The van der Waals surface area contributed by atoms with E-state index in [2.05, 4.69) is 0 Å². The number of aryl methyl sites for hydroxylation is 1. The van der Waals surface area contributed by atoms with Gasteiger partial charge in [-0.25, -0.2) is 0 Å². The van der Waals surface area contributed by atoms with E-state index in [1.165, 1.54) is 0 Å². The van der Waals surface area contributed by atoms with Crippen molar-refractivity contribution in [3.8, 4) is 11.5 Å². The summed E-state index contributed by atoms with van der Waals surface area (Å²) >= 11 is 0. The highest BCUT2D eigenvalue weighted by atomic mass is 16.5. The van der Waals surface area contributed by atoms with E-state index in [4.69, 9.17) is 14.2 Å². The lowest BCUT2D eigenvalue weighted by Gasteiger charge is -2.21. The molecule has 0 aliphatic rings. The predicted octanol–water partition coefficient (Wildman–Crippen LogP) is 3.23. The molecule has 1 unspecified atom stereocenters. The van der Waals surface area contributed by atoms with Crippen LogP contribution in [0.15, 0.2) is 48.5 Å². The largest absolute Gasteiger partial charge is 0.493 e. The standard InChI is InChI=1S/C22H27NO5/c1-16(22(25)23(2)15-17-9-6-5-7-10-17)28-20(24)14-13-18-11-8-12-19(26-3)21(18)27-4/h5-12,16H,13-15H2,1-4H3. The molecule has 2 aromatic carbocycles. The molecule has 0 heterocycles. The number of amides is 1. The van der Waals surface area contributed by atoms with Gasteiger partial charge in [0.2, 0.25) is 0 Å². The molecule has 0 N–H and O–H groups in total. The average molecular weight is 385 g/mol. The van der Waals surface area contributed by atoms with E-state index in [9.17, 15) is 9.59 Å². The van der Waals surface area contributed by atoms with Gasteiger partial charge in [-0.1, -0.05) is 42.5 Å². The number of hydrogen-bond acceptors (Lipinski definition) is 5. The summed E-state index contributed by atoms with van der Waals surface area (Å²) < 4.78 is 16.0. The molecular weight excluding hydrogens is 358 g/mol. The van der Waals surface area contributed by atoms with Crippen molar-refractivity contribution in [1.29, 1.82) is 0 Å². The lowest BCUT2D eigenvalue weighted by atomic mass is 10.1. The quantitative estimate of drug-likeness (QED) is 0.620. The van der Waals surface area contributed by atoms with Crippen molar-refractivity contribution in [3.63, 3.8) is 0 Å². The number of carbonyl (C=O) groups excluding carboxylic acids is 2. The van der Waals surface area contributed by atoms with Crippen LogP contribution in [0.3, 0.4) is 0 Å². The summed E-state index contributed by atoms with van der Waals surface area (Å²) in [5.74, 6) is 0.541. The van der Waals surface area contributed by atoms with Crippen molar-refractivity contribution in [3.05, 3.63) is 59.7 Å². The first-order chi connectivity index (χ1) is 13.5. The monoisotopic (exact) mass is 385 g/mol. The Labute approximate surface area is 166 Å². The van der Waals surface area contributed by atoms with Crippen molar-refractivity contribution < 1.29 is 23.8 Å². The van der Waals surface area contributed by atoms with Gasteiger partial charge in [0, 0.05) is 20.0 Å². The molecule has 1 atom stereocenters. The second-order valence-electron chi connectivity index (χ2n) is 6.46. The average Bonchev–Trinajstić information content (AvgIpc) is 2.71. The summed E-state index contributed by atoms with van der Waals surface area (Å²) in [7, 11) is 4.82. The number of rotatable bonds is 9. The van der Waals surface area contributed by atoms with Crippen LogP contribution in [0.5, 0.6) is 11.5 Å². The maximum Gasteiger partial charge on any atom is 0.306 e. The third-order valence-electron chi connectivity index (χ3n) is 4.38. The van der Waals surface area contributed by atoms with Gasteiger partial charge in [0.1, 0.15) is 0 Å². The Morgan fingerprint density at radius 3 is 2.36 bits per heavy atom. The minimum absolute atomic E-state index is 0.142. The van der Waals surface area contributed by atoms with Crippen LogP contribution in [0.4, 0.5) is 0 Å². The SMILES string of the molecule is COc1cccc(CCC(=O)OC(C)C(=O)N(C)Cc2ccccc2)c1OC. The van der Waals surface area contributed by atoms with E-state index in [1.807, 2.05) is 42.5 Å². The van der Waals surface area contributed by atoms with Crippen molar-refractivity contribution in [2.24, 2.45) is 0 Å². The Bertz CT molecular complexity index is 791. The van der Waals surface area contributed by atoms with Gasteiger partial charge in [-0.15, -0.1) is 0 Å². The Kier molecular flexibility index (Phi) is 7.87. The van der Waals surface area contributed by atoms with E-state index < -0.39 is 12.1 Å². The second-order valence-corrected chi connectivity index (χ2v) is 6.46. The lowest BCUT2D eigenvalue weighted by molar-refractivity contribution is -0.158.